The van der Waals surface area contributed by atoms with Crippen LogP contribution in [-0.2, 0) is 4.74 Å². The normalized spacial score (nSPS) is 12.9. The zero-order valence-electron chi connectivity index (χ0n) is 12.0. The second kappa shape index (κ2) is 14.0. The van der Waals surface area contributed by atoms with E-state index in [1.54, 1.807) is 0 Å². The van der Waals surface area contributed by atoms with Crippen LogP contribution in [0.3, 0.4) is 0 Å². The number of rotatable bonds is 13. The van der Waals surface area contributed by atoms with Gasteiger partial charge in [-0.25, -0.2) is 0 Å². The van der Waals surface area contributed by atoms with Gasteiger partial charge in [-0.1, -0.05) is 58.8 Å². The standard InChI is InChI=1S/C15H33NO/c1-3-5-6-7-8-9-10-11-15(16)12-14-17-13-4-2/h15H,3-14,16H2,1-2H3. The molecule has 0 aromatic carbocycles. The molecule has 2 nitrogen and oxygen atoms in total. The highest BCUT2D eigenvalue weighted by atomic mass is 16.5. The van der Waals surface area contributed by atoms with Gasteiger partial charge in [0.25, 0.3) is 0 Å². The summed E-state index contributed by atoms with van der Waals surface area (Å²) in [6.45, 7) is 6.12. The van der Waals surface area contributed by atoms with Gasteiger partial charge < -0.3 is 10.5 Å². The van der Waals surface area contributed by atoms with Crippen LogP contribution >= 0.6 is 0 Å². The summed E-state index contributed by atoms with van der Waals surface area (Å²) < 4.78 is 5.45. The van der Waals surface area contributed by atoms with Crippen molar-refractivity contribution in [3.63, 3.8) is 0 Å². The van der Waals surface area contributed by atoms with Crippen LogP contribution in [0.5, 0.6) is 0 Å². The molecule has 104 valence electrons. The highest BCUT2D eigenvalue weighted by Gasteiger charge is 2.02. The zero-order valence-corrected chi connectivity index (χ0v) is 12.0. The molecule has 0 aliphatic rings. The molecule has 0 aliphatic heterocycles. The Labute approximate surface area is 108 Å². The molecule has 2 N–H and O–H groups in total. The van der Waals surface area contributed by atoms with E-state index in [1.165, 1.54) is 51.4 Å². The molecular formula is C15H33NO. The van der Waals surface area contributed by atoms with Gasteiger partial charge >= 0.3 is 0 Å². The Kier molecular flexibility index (Phi) is 13.9. The molecule has 0 amide bonds. The minimum atomic E-state index is 0.350. The second-order valence-corrected chi connectivity index (χ2v) is 5.07. The van der Waals surface area contributed by atoms with Crippen LogP contribution in [0, 0.1) is 0 Å². The zero-order chi connectivity index (χ0) is 12.8. The third-order valence-corrected chi connectivity index (χ3v) is 3.16. The van der Waals surface area contributed by atoms with E-state index >= 15 is 0 Å². The second-order valence-electron chi connectivity index (χ2n) is 5.07. The van der Waals surface area contributed by atoms with Crippen molar-refractivity contribution in [3.05, 3.63) is 0 Å². The SMILES string of the molecule is CCCCCCCCCC(N)CCOCCC. The van der Waals surface area contributed by atoms with Crippen molar-refractivity contribution < 1.29 is 4.74 Å². The molecule has 0 aromatic heterocycles. The van der Waals surface area contributed by atoms with Crippen molar-refractivity contribution in [2.45, 2.75) is 84.1 Å². The van der Waals surface area contributed by atoms with Gasteiger partial charge in [0.1, 0.15) is 0 Å². The van der Waals surface area contributed by atoms with Crippen LogP contribution < -0.4 is 5.73 Å². The lowest BCUT2D eigenvalue weighted by molar-refractivity contribution is 0.127. The van der Waals surface area contributed by atoms with E-state index in [4.69, 9.17) is 10.5 Å². The van der Waals surface area contributed by atoms with E-state index < -0.39 is 0 Å². The van der Waals surface area contributed by atoms with Crippen LogP contribution in [0.15, 0.2) is 0 Å². The van der Waals surface area contributed by atoms with Gasteiger partial charge in [-0.15, -0.1) is 0 Å². The molecule has 0 aromatic rings. The van der Waals surface area contributed by atoms with E-state index in [0.29, 0.717) is 6.04 Å². The van der Waals surface area contributed by atoms with Gasteiger partial charge in [-0.05, 0) is 19.3 Å². The van der Waals surface area contributed by atoms with Crippen molar-refractivity contribution in [1.82, 2.24) is 0 Å². The Morgan fingerprint density at radius 2 is 1.41 bits per heavy atom. The lowest BCUT2D eigenvalue weighted by atomic mass is 10.0. The molecule has 0 saturated heterocycles. The maximum absolute atomic E-state index is 6.04. The molecule has 17 heavy (non-hydrogen) atoms. The highest BCUT2D eigenvalue weighted by molar-refractivity contribution is 4.61. The average Bonchev–Trinajstić information content (AvgIpc) is 2.33. The fraction of sp³-hybridized carbons (Fsp3) is 1.00. The molecule has 0 aliphatic carbocycles. The Hall–Kier alpha value is -0.0800. The first-order valence-electron chi connectivity index (χ1n) is 7.64. The van der Waals surface area contributed by atoms with Gasteiger partial charge in [0.2, 0.25) is 0 Å². The molecule has 0 heterocycles. The largest absolute Gasteiger partial charge is 0.381 e. The van der Waals surface area contributed by atoms with Crippen molar-refractivity contribution in [3.8, 4) is 0 Å². The van der Waals surface area contributed by atoms with Gasteiger partial charge in [0.15, 0.2) is 0 Å². The van der Waals surface area contributed by atoms with E-state index in [1.807, 2.05) is 0 Å². The first kappa shape index (κ1) is 16.9. The van der Waals surface area contributed by atoms with E-state index in [9.17, 15) is 0 Å². The highest BCUT2D eigenvalue weighted by Crippen LogP contribution is 2.10. The molecule has 0 spiro atoms. The predicted molar refractivity (Wildman–Crippen MR) is 76.3 cm³/mol. The van der Waals surface area contributed by atoms with Gasteiger partial charge in [-0.2, -0.15) is 0 Å². The van der Waals surface area contributed by atoms with Crippen molar-refractivity contribution in [2.24, 2.45) is 5.73 Å². The maximum Gasteiger partial charge on any atom is 0.0480 e. The Bertz CT molecular complexity index is 139. The lowest BCUT2D eigenvalue weighted by Crippen LogP contribution is -2.21. The topological polar surface area (TPSA) is 35.2 Å². The molecule has 0 radical (unpaired) electrons. The molecule has 1 unspecified atom stereocenters. The Morgan fingerprint density at radius 3 is 2.06 bits per heavy atom. The molecule has 0 saturated carbocycles. The van der Waals surface area contributed by atoms with Crippen LogP contribution in [-0.4, -0.2) is 19.3 Å². The van der Waals surface area contributed by atoms with Gasteiger partial charge in [0, 0.05) is 19.3 Å². The summed E-state index contributed by atoms with van der Waals surface area (Å²) in [5.41, 5.74) is 6.04. The molecular weight excluding hydrogens is 210 g/mol. The molecule has 0 rings (SSSR count). The number of unbranched alkanes of at least 4 members (excludes halogenated alkanes) is 6. The lowest BCUT2D eigenvalue weighted by Gasteiger charge is -2.11. The molecule has 0 bridgehead atoms. The van der Waals surface area contributed by atoms with Crippen LogP contribution in [0.4, 0.5) is 0 Å². The van der Waals surface area contributed by atoms with Crippen LogP contribution in [0.25, 0.3) is 0 Å². The van der Waals surface area contributed by atoms with Crippen LogP contribution in [0.2, 0.25) is 0 Å². The van der Waals surface area contributed by atoms with E-state index in [2.05, 4.69) is 13.8 Å². The minimum Gasteiger partial charge on any atom is -0.381 e. The summed E-state index contributed by atoms with van der Waals surface area (Å²) >= 11 is 0. The smallest absolute Gasteiger partial charge is 0.0480 e. The number of nitrogens with two attached hydrogens (primary N) is 1. The summed E-state index contributed by atoms with van der Waals surface area (Å²) in [4.78, 5) is 0. The van der Waals surface area contributed by atoms with Gasteiger partial charge in [-0.3, -0.25) is 0 Å². The number of ether oxygens (including phenoxy) is 1. The van der Waals surface area contributed by atoms with E-state index in [0.717, 1.165) is 26.1 Å². The Morgan fingerprint density at radius 1 is 0.765 bits per heavy atom. The summed E-state index contributed by atoms with van der Waals surface area (Å²) in [6.07, 6.45) is 12.9. The van der Waals surface area contributed by atoms with Crippen molar-refractivity contribution >= 4 is 0 Å². The number of hydrogen-bond acceptors (Lipinski definition) is 2. The fourth-order valence-corrected chi connectivity index (χ4v) is 1.99. The van der Waals surface area contributed by atoms with Gasteiger partial charge in [0.05, 0.1) is 0 Å². The summed E-state index contributed by atoms with van der Waals surface area (Å²) in [5, 5.41) is 0. The summed E-state index contributed by atoms with van der Waals surface area (Å²) in [5.74, 6) is 0. The minimum absolute atomic E-state index is 0.350. The maximum atomic E-state index is 6.04. The molecule has 2 heteroatoms. The summed E-state index contributed by atoms with van der Waals surface area (Å²) in [6, 6.07) is 0.350. The predicted octanol–water partition coefficient (Wildman–Crippen LogP) is 4.27. The van der Waals surface area contributed by atoms with Crippen molar-refractivity contribution in [2.75, 3.05) is 13.2 Å². The average molecular weight is 243 g/mol. The van der Waals surface area contributed by atoms with E-state index in [-0.39, 0.29) is 0 Å². The van der Waals surface area contributed by atoms with Crippen LogP contribution in [0.1, 0.15) is 78.1 Å². The molecule has 1 atom stereocenters. The first-order valence-corrected chi connectivity index (χ1v) is 7.64. The first-order chi connectivity index (χ1) is 8.31. The third-order valence-electron chi connectivity index (χ3n) is 3.16. The van der Waals surface area contributed by atoms with Crippen molar-refractivity contribution in [1.29, 1.82) is 0 Å². The molecule has 0 fully saturated rings. The third kappa shape index (κ3) is 13.9. The Balaban J connectivity index is 3.08. The summed E-state index contributed by atoms with van der Waals surface area (Å²) in [7, 11) is 0. The quantitative estimate of drug-likeness (QED) is 0.490. The monoisotopic (exact) mass is 243 g/mol. The fourth-order valence-electron chi connectivity index (χ4n) is 1.99. The number of hydrogen-bond donors (Lipinski definition) is 1.